The number of carbonyl (C=O) groups excluding carboxylic acids is 3. The van der Waals surface area contributed by atoms with E-state index in [2.05, 4.69) is 24.5 Å². The number of hydrogen-bond acceptors (Lipinski definition) is 4. The summed E-state index contributed by atoms with van der Waals surface area (Å²) in [4.78, 5) is 40.0. The van der Waals surface area contributed by atoms with E-state index in [-0.39, 0.29) is 36.4 Å². The van der Waals surface area contributed by atoms with Crippen LogP contribution in [0.25, 0.3) is 0 Å². The van der Waals surface area contributed by atoms with Crippen molar-refractivity contribution in [1.29, 1.82) is 0 Å². The number of nitrogens with one attached hydrogen (secondary N) is 2. The molecule has 4 rings (SSSR count). The fraction of sp³-hybridized carbons (Fsp3) is 0.276. The molecule has 0 bridgehead atoms. The minimum atomic E-state index is -0.324. The van der Waals surface area contributed by atoms with Gasteiger partial charge in [0.05, 0.1) is 11.4 Å². The molecular formula is C29H31N3O4. The molecule has 36 heavy (non-hydrogen) atoms. The lowest BCUT2D eigenvalue weighted by Gasteiger charge is -2.38. The van der Waals surface area contributed by atoms with Gasteiger partial charge >= 0.3 is 0 Å². The Kier molecular flexibility index (Phi) is 8.00. The number of anilines is 2. The lowest BCUT2D eigenvalue weighted by molar-refractivity contribution is -0.139. The highest BCUT2D eigenvalue weighted by atomic mass is 16.5. The van der Waals surface area contributed by atoms with E-state index in [1.807, 2.05) is 11.0 Å². The van der Waals surface area contributed by atoms with Gasteiger partial charge in [-0.15, -0.1) is 0 Å². The molecule has 3 aromatic carbocycles. The van der Waals surface area contributed by atoms with Gasteiger partial charge in [-0.2, -0.15) is 0 Å². The van der Waals surface area contributed by atoms with Crippen molar-refractivity contribution in [2.24, 2.45) is 0 Å². The van der Waals surface area contributed by atoms with Gasteiger partial charge in [-0.1, -0.05) is 30.3 Å². The number of carbonyl (C=O) groups is 3. The monoisotopic (exact) mass is 485 g/mol. The van der Waals surface area contributed by atoms with Crippen LogP contribution in [-0.4, -0.2) is 41.3 Å². The number of likely N-dealkylation sites (tertiary alicyclic amines) is 1. The molecule has 2 N–H and O–H groups in total. The first-order valence-electron chi connectivity index (χ1n) is 12.2. The number of piperidine rings is 1. The van der Waals surface area contributed by atoms with Gasteiger partial charge in [0.1, 0.15) is 5.75 Å². The molecule has 1 saturated heterocycles. The molecule has 1 aliphatic rings. The molecule has 2 atom stereocenters. The van der Waals surface area contributed by atoms with Crippen LogP contribution in [0.1, 0.15) is 53.8 Å². The van der Waals surface area contributed by atoms with Gasteiger partial charge in [0.25, 0.3) is 17.7 Å². The van der Waals surface area contributed by atoms with Gasteiger partial charge in [-0.05, 0) is 81.6 Å². The molecule has 2 unspecified atom stereocenters. The van der Waals surface area contributed by atoms with E-state index in [0.717, 1.165) is 19.3 Å². The van der Waals surface area contributed by atoms with Crippen molar-refractivity contribution < 1.29 is 19.1 Å². The second kappa shape index (κ2) is 11.5. The van der Waals surface area contributed by atoms with Gasteiger partial charge in [0, 0.05) is 23.2 Å². The number of ether oxygens (including phenoxy) is 1. The maximum absolute atomic E-state index is 12.9. The Morgan fingerprint density at radius 1 is 0.750 bits per heavy atom. The van der Waals surface area contributed by atoms with E-state index in [0.29, 0.717) is 28.3 Å². The van der Waals surface area contributed by atoms with Gasteiger partial charge < -0.3 is 20.3 Å². The average molecular weight is 486 g/mol. The summed E-state index contributed by atoms with van der Waals surface area (Å²) in [5.41, 5.74) is 1.94. The molecule has 7 nitrogen and oxygen atoms in total. The Hall–Kier alpha value is -4.13. The third-order valence-electron chi connectivity index (χ3n) is 6.42. The van der Waals surface area contributed by atoms with Crippen LogP contribution in [0.15, 0.2) is 78.9 Å². The van der Waals surface area contributed by atoms with Crippen LogP contribution in [0, 0.1) is 0 Å². The predicted molar refractivity (Wildman–Crippen MR) is 140 cm³/mol. The molecule has 1 aliphatic heterocycles. The maximum atomic E-state index is 12.9. The number of benzene rings is 3. The fourth-order valence-corrected chi connectivity index (χ4v) is 4.51. The van der Waals surface area contributed by atoms with Crippen LogP contribution >= 0.6 is 0 Å². The summed E-state index contributed by atoms with van der Waals surface area (Å²) in [6.07, 6.45) is 3.16. The summed E-state index contributed by atoms with van der Waals surface area (Å²) < 4.78 is 5.71. The third kappa shape index (κ3) is 6.10. The number of rotatable bonds is 7. The summed E-state index contributed by atoms with van der Waals surface area (Å²) in [6.45, 7) is 4.12. The number of para-hydroxylation sites is 2. The van der Waals surface area contributed by atoms with Gasteiger partial charge in [0.15, 0.2) is 6.61 Å². The quantitative estimate of drug-likeness (QED) is 0.472. The number of amides is 3. The molecule has 0 aliphatic carbocycles. The van der Waals surface area contributed by atoms with Crippen molar-refractivity contribution in [2.75, 3.05) is 17.2 Å². The zero-order valence-corrected chi connectivity index (χ0v) is 20.6. The first-order chi connectivity index (χ1) is 17.4. The molecule has 1 heterocycles. The Labute approximate surface area is 211 Å². The Balaban J connectivity index is 1.35. The van der Waals surface area contributed by atoms with Crippen LogP contribution < -0.4 is 15.4 Å². The Morgan fingerprint density at radius 2 is 1.25 bits per heavy atom. The first kappa shape index (κ1) is 25.0. The van der Waals surface area contributed by atoms with Crippen molar-refractivity contribution in [3.05, 3.63) is 90.0 Å². The van der Waals surface area contributed by atoms with Gasteiger partial charge in [-0.3, -0.25) is 14.4 Å². The van der Waals surface area contributed by atoms with Crippen molar-refractivity contribution in [1.82, 2.24) is 4.90 Å². The molecular weight excluding hydrogens is 454 g/mol. The lowest BCUT2D eigenvalue weighted by atomic mass is 9.97. The predicted octanol–water partition coefficient (Wildman–Crippen LogP) is 5.36. The standard InChI is InChI=1S/C29H31N3O4/c1-20-9-8-10-21(2)32(20)27(33)19-36-24-17-15-23(16-18-24)29(35)31-26-14-7-6-13-25(26)30-28(34)22-11-4-3-5-12-22/h3-7,11-18,20-21H,8-10,19H2,1-2H3,(H,30,34)(H,31,35). The normalized spacial score (nSPS) is 17.2. The largest absolute Gasteiger partial charge is 0.484 e. The highest BCUT2D eigenvalue weighted by Gasteiger charge is 2.29. The molecule has 186 valence electrons. The summed E-state index contributed by atoms with van der Waals surface area (Å²) in [6, 6.07) is 23.0. The summed E-state index contributed by atoms with van der Waals surface area (Å²) >= 11 is 0. The summed E-state index contributed by atoms with van der Waals surface area (Å²) in [5.74, 6) is -0.0879. The van der Waals surface area contributed by atoms with Crippen molar-refractivity contribution >= 4 is 29.1 Å². The second-order valence-corrected chi connectivity index (χ2v) is 9.06. The van der Waals surface area contributed by atoms with Crippen LogP contribution in [-0.2, 0) is 4.79 Å². The zero-order chi connectivity index (χ0) is 25.5. The average Bonchev–Trinajstić information content (AvgIpc) is 2.89. The van der Waals surface area contributed by atoms with Gasteiger partial charge in [-0.25, -0.2) is 0 Å². The van der Waals surface area contributed by atoms with E-state index in [4.69, 9.17) is 4.74 Å². The topological polar surface area (TPSA) is 87.7 Å². The van der Waals surface area contributed by atoms with Crippen molar-refractivity contribution in [2.45, 2.75) is 45.2 Å². The van der Waals surface area contributed by atoms with Crippen LogP contribution in [0.2, 0.25) is 0 Å². The highest BCUT2D eigenvalue weighted by Crippen LogP contribution is 2.24. The maximum Gasteiger partial charge on any atom is 0.260 e. The molecule has 3 amide bonds. The molecule has 7 heteroatoms. The molecule has 1 fully saturated rings. The number of nitrogens with zero attached hydrogens (tertiary/aromatic N) is 1. The van der Waals surface area contributed by atoms with E-state index >= 15 is 0 Å². The second-order valence-electron chi connectivity index (χ2n) is 9.06. The summed E-state index contributed by atoms with van der Waals surface area (Å²) in [5, 5.41) is 5.69. The van der Waals surface area contributed by atoms with Crippen molar-refractivity contribution in [3.8, 4) is 5.75 Å². The SMILES string of the molecule is CC1CCCC(C)N1C(=O)COc1ccc(C(=O)Nc2ccccc2NC(=O)c2ccccc2)cc1. The molecule has 0 radical (unpaired) electrons. The van der Waals surface area contributed by atoms with E-state index in [1.165, 1.54) is 0 Å². The van der Waals surface area contributed by atoms with Crippen LogP contribution in [0.4, 0.5) is 11.4 Å². The van der Waals surface area contributed by atoms with Crippen LogP contribution in [0.3, 0.4) is 0 Å². The Bertz CT molecular complexity index is 1200. The van der Waals surface area contributed by atoms with Crippen molar-refractivity contribution in [3.63, 3.8) is 0 Å². The summed E-state index contributed by atoms with van der Waals surface area (Å²) in [7, 11) is 0. The number of hydrogen-bond donors (Lipinski definition) is 2. The molecule has 0 saturated carbocycles. The molecule has 0 spiro atoms. The minimum Gasteiger partial charge on any atom is -0.484 e. The highest BCUT2D eigenvalue weighted by molar-refractivity contribution is 6.10. The van der Waals surface area contributed by atoms with E-state index in [1.54, 1.807) is 72.8 Å². The lowest BCUT2D eigenvalue weighted by Crippen LogP contribution is -2.49. The third-order valence-corrected chi connectivity index (χ3v) is 6.42. The fourth-order valence-electron chi connectivity index (χ4n) is 4.51. The first-order valence-corrected chi connectivity index (χ1v) is 12.2. The smallest absolute Gasteiger partial charge is 0.260 e. The zero-order valence-electron chi connectivity index (χ0n) is 20.6. The minimum absolute atomic E-state index is 0.0225. The Morgan fingerprint density at radius 3 is 1.81 bits per heavy atom. The molecule has 3 aromatic rings. The van der Waals surface area contributed by atoms with Crippen LogP contribution in [0.5, 0.6) is 5.75 Å². The van der Waals surface area contributed by atoms with Gasteiger partial charge in [0.2, 0.25) is 0 Å². The van der Waals surface area contributed by atoms with E-state index < -0.39 is 0 Å². The molecule has 0 aromatic heterocycles. The van der Waals surface area contributed by atoms with E-state index in [9.17, 15) is 14.4 Å².